The summed E-state index contributed by atoms with van der Waals surface area (Å²) in [6.07, 6.45) is 3.65. The standard InChI is InChI=1S/C24H20N4O3S/c1-31-18-12-10-17(11-13-18)22-16-23(20-8-5-9-21-24(20)26-15-14-25-21)28(27-22)32(29,30)19-6-3-2-4-7-19/h2-15,23H,16H2,1H3/t23-/m0/s1. The number of benzene rings is 3. The van der Waals surface area contributed by atoms with Crippen LogP contribution in [0.1, 0.15) is 23.6 Å². The van der Waals surface area contributed by atoms with Gasteiger partial charge in [-0.15, -0.1) is 0 Å². The van der Waals surface area contributed by atoms with Crippen molar-refractivity contribution < 1.29 is 13.2 Å². The number of fused-ring (bicyclic) bond motifs is 1. The molecule has 5 rings (SSSR count). The predicted molar refractivity (Wildman–Crippen MR) is 122 cm³/mol. The monoisotopic (exact) mass is 444 g/mol. The van der Waals surface area contributed by atoms with Gasteiger partial charge in [-0.2, -0.15) is 17.9 Å². The minimum absolute atomic E-state index is 0.191. The molecule has 0 spiro atoms. The van der Waals surface area contributed by atoms with Crippen LogP contribution < -0.4 is 4.74 Å². The third-order valence-electron chi connectivity index (χ3n) is 5.47. The smallest absolute Gasteiger partial charge is 0.279 e. The molecule has 7 nitrogen and oxygen atoms in total. The molecule has 0 amide bonds. The van der Waals surface area contributed by atoms with Crippen LogP contribution in [-0.4, -0.2) is 35.6 Å². The predicted octanol–water partition coefficient (Wildman–Crippen LogP) is 4.18. The van der Waals surface area contributed by atoms with Gasteiger partial charge in [0.25, 0.3) is 10.0 Å². The Morgan fingerprint density at radius 1 is 0.906 bits per heavy atom. The number of sulfonamides is 1. The van der Waals surface area contributed by atoms with E-state index in [2.05, 4.69) is 15.1 Å². The number of rotatable bonds is 5. The summed E-state index contributed by atoms with van der Waals surface area (Å²) in [5, 5.41) is 4.60. The summed E-state index contributed by atoms with van der Waals surface area (Å²) >= 11 is 0. The molecule has 0 radical (unpaired) electrons. The van der Waals surface area contributed by atoms with Crippen LogP contribution >= 0.6 is 0 Å². The van der Waals surface area contributed by atoms with Crippen molar-refractivity contribution in [3.05, 3.63) is 96.3 Å². The SMILES string of the molecule is COc1ccc(C2=NN(S(=O)(=O)c3ccccc3)[C@H](c3cccc4nccnc34)C2)cc1. The summed E-state index contributed by atoms with van der Waals surface area (Å²) in [6.45, 7) is 0. The summed E-state index contributed by atoms with van der Waals surface area (Å²) in [6, 6.07) is 20.9. The van der Waals surface area contributed by atoms with Crippen LogP contribution in [-0.2, 0) is 10.0 Å². The fourth-order valence-corrected chi connectivity index (χ4v) is 5.33. The summed E-state index contributed by atoms with van der Waals surface area (Å²) in [4.78, 5) is 9.05. The first kappa shape index (κ1) is 20.1. The fraction of sp³-hybridized carbons (Fsp3) is 0.125. The lowest BCUT2D eigenvalue weighted by Gasteiger charge is -2.24. The number of hydrogen-bond acceptors (Lipinski definition) is 6. The average molecular weight is 445 g/mol. The Bertz CT molecular complexity index is 1400. The fourth-order valence-electron chi connectivity index (χ4n) is 3.88. The van der Waals surface area contributed by atoms with Gasteiger partial charge in [-0.1, -0.05) is 30.3 Å². The van der Waals surface area contributed by atoms with Gasteiger partial charge in [0.2, 0.25) is 0 Å². The molecule has 0 aliphatic carbocycles. The van der Waals surface area contributed by atoms with Crippen LogP contribution in [0.5, 0.6) is 5.75 Å². The molecule has 1 aromatic heterocycles. The maximum atomic E-state index is 13.6. The third kappa shape index (κ3) is 3.48. The lowest BCUT2D eigenvalue weighted by Crippen LogP contribution is -2.27. The molecule has 0 bridgehead atoms. The van der Waals surface area contributed by atoms with Crippen molar-refractivity contribution in [2.75, 3.05) is 7.11 Å². The first-order chi connectivity index (χ1) is 15.6. The Morgan fingerprint density at radius 2 is 1.66 bits per heavy atom. The van der Waals surface area contributed by atoms with E-state index in [-0.39, 0.29) is 4.90 Å². The molecule has 0 saturated carbocycles. The highest BCUT2D eigenvalue weighted by Gasteiger charge is 2.38. The van der Waals surface area contributed by atoms with Crippen molar-refractivity contribution in [3.63, 3.8) is 0 Å². The Kier molecular flexibility index (Phi) is 5.07. The lowest BCUT2D eigenvalue weighted by atomic mass is 9.98. The zero-order chi connectivity index (χ0) is 22.1. The summed E-state index contributed by atoms with van der Waals surface area (Å²) in [7, 11) is -2.28. The molecule has 1 atom stereocenters. The van der Waals surface area contributed by atoms with E-state index in [0.717, 1.165) is 16.9 Å². The van der Waals surface area contributed by atoms with Gasteiger partial charge in [-0.3, -0.25) is 9.97 Å². The molecule has 1 aliphatic heterocycles. The van der Waals surface area contributed by atoms with Crippen LogP contribution in [0.4, 0.5) is 0 Å². The molecule has 0 N–H and O–H groups in total. The molecular weight excluding hydrogens is 424 g/mol. The van der Waals surface area contributed by atoms with Crippen molar-refractivity contribution in [2.45, 2.75) is 17.4 Å². The molecule has 160 valence electrons. The number of methoxy groups -OCH3 is 1. The maximum Gasteiger partial charge on any atom is 0.279 e. The van der Waals surface area contributed by atoms with E-state index in [1.165, 1.54) is 4.41 Å². The zero-order valence-corrected chi connectivity index (χ0v) is 18.1. The normalized spacial score (nSPS) is 16.2. The molecule has 0 unspecified atom stereocenters. The molecule has 0 fully saturated rings. The van der Waals surface area contributed by atoms with E-state index in [4.69, 9.17) is 4.74 Å². The lowest BCUT2D eigenvalue weighted by molar-refractivity contribution is 0.373. The van der Waals surface area contributed by atoms with Crippen molar-refractivity contribution in [1.29, 1.82) is 0 Å². The van der Waals surface area contributed by atoms with Crippen LogP contribution in [0.25, 0.3) is 11.0 Å². The van der Waals surface area contributed by atoms with Crippen LogP contribution in [0.3, 0.4) is 0 Å². The largest absolute Gasteiger partial charge is 0.497 e. The van der Waals surface area contributed by atoms with E-state index >= 15 is 0 Å². The van der Waals surface area contributed by atoms with Gasteiger partial charge in [0.1, 0.15) is 5.75 Å². The van der Waals surface area contributed by atoms with Gasteiger partial charge in [-0.25, -0.2) is 0 Å². The van der Waals surface area contributed by atoms with Crippen LogP contribution in [0.15, 0.2) is 95.2 Å². The summed E-state index contributed by atoms with van der Waals surface area (Å²) < 4.78 is 33.6. The van der Waals surface area contributed by atoms with Gasteiger partial charge < -0.3 is 4.74 Å². The van der Waals surface area contributed by atoms with E-state index < -0.39 is 16.1 Å². The minimum Gasteiger partial charge on any atom is -0.497 e. The Labute approximate surface area is 186 Å². The third-order valence-corrected chi connectivity index (χ3v) is 7.17. The second-order valence-corrected chi connectivity index (χ2v) is 9.15. The van der Waals surface area contributed by atoms with Gasteiger partial charge in [0.15, 0.2) is 0 Å². The molecule has 4 aromatic rings. The first-order valence-corrected chi connectivity index (χ1v) is 11.5. The second kappa shape index (κ2) is 8.05. The number of para-hydroxylation sites is 1. The quantitative estimate of drug-likeness (QED) is 0.461. The van der Waals surface area contributed by atoms with Crippen molar-refractivity contribution in [2.24, 2.45) is 5.10 Å². The first-order valence-electron chi connectivity index (χ1n) is 10.1. The minimum atomic E-state index is -3.89. The Balaban J connectivity index is 1.65. The maximum absolute atomic E-state index is 13.6. The highest BCUT2D eigenvalue weighted by molar-refractivity contribution is 7.89. The molecule has 8 heteroatoms. The summed E-state index contributed by atoms with van der Waals surface area (Å²) in [5.74, 6) is 0.724. The van der Waals surface area contributed by atoms with Crippen molar-refractivity contribution in [3.8, 4) is 5.75 Å². The molecule has 32 heavy (non-hydrogen) atoms. The highest BCUT2D eigenvalue weighted by Crippen LogP contribution is 2.39. The van der Waals surface area contributed by atoms with Gasteiger partial charge in [-0.05, 0) is 48.0 Å². The highest BCUT2D eigenvalue weighted by atomic mass is 32.2. The van der Waals surface area contributed by atoms with Gasteiger partial charge in [0.05, 0.1) is 34.8 Å². The topological polar surface area (TPSA) is 84.8 Å². The molecule has 0 saturated heterocycles. The number of aromatic nitrogens is 2. The second-order valence-electron chi connectivity index (χ2n) is 7.36. The van der Waals surface area contributed by atoms with E-state index in [9.17, 15) is 8.42 Å². The molecule has 3 aromatic carbocycles. The summed E-state index contributed by atoms with van der Waals surface area (Å²) in [5.41, 5.74) is 3.66. The number of ether oxygens (including phenoxy) is 1. The number of hydrogen-bond donors (Lipinski definition) is 0. The van der Waals surface area contributed by atoms with E-state index in [1.807, 2.05) is 42.5 Å². The number of nitrogens with zero attached hydrogens (tertiary/aromatic N) is 4. The van der Waals surface area contributed by atoms with E-state index in [1.54, 1.807) is 49.8 Å². The zero-order valence-electron chi connectivity index (χ0n) is 17.3. The van der Waals surface area contributed by atoms with Gasteiger partial charge >= 0.3 is 0 Å². The molecule has 2 heterocycles. The average Bonchev–Trinajstić information content (AvgIpc) is 3.30. The Hall–Kier alpha value is -3.78. The van der Waals surface area contributed by atoms with Crippen molar-refractivity contribution >= 4 is 26.8 Å². The molecule has 1 aliphatic rings. The van der Waals surface area contributed by atoms with Gasteiger partial charge in [0, 0.05) is 24.4 Å². The van der Waals surface area contributed by atoms with E-state index in [0.29, 0.717) is 23.2 Å². The van der Waals surface area contributed by atoms with Crippen LogP contribution in [0.2, 0.25) is 0 Å². The van der Waals surface area contributed by atoms with Crippen LogP contribution in [0, 0.1) is 0 Å². The van der Waals surface area contributed by atoms with Crippen molar-refractivity contribution in [1.82, 2.24) is 14.4 Å². The molecular formula is C24H20N4O3S. The Morgan fingerprint density at radius 3 is 2.41 bits per heavy atom. The number of hydrazone groups is 1.